The molecular weight excluding hydrogens is 244 g/mol. The van der Waals surface area contributed by atoms with Gasteiger partial charge in [-0.15, -0.1) is 0 Å². The Balaban J connectivity index is 2.07. The van der Waals surface area contributed by atoms with Crippen LogP contribution in [0.15, 0.2) is 48.5 Å². The summed E-state index contributed by atoms with van der Waals surface area (Å²) < 4.78 is 0. The Kier molecular flexibility index (Phi) is 2.52. The lowest BCUT2D eigenvalue weighted by Gasteiger charge is -2.14. The number of carbonyl (C=O) groups is 1. The van der Waals surface area contributed by atoms with Crippen LogP contribution in [0.1, 0.15) is 15.9 Å². The minimum Gasteiger partial charge on any atom is -0.304 e. The number of amides is 1. The maximum Gasteiger partial charge on any atom is 0.275 e. The third-order valence-corrected chi connectivity index (χ3v) is 3.21. The van der Waals surface area contributed by atoms with Crippen molar-refractivity contribution in [1.82, 2.24) is 0 Å². The third-order valence-electron chi connectivity index (χ3n) is 3.21. The van der Waals surface area contributed by atoms with Crippen molar-refractivity contribution in [1.29, 1.82) is 0 Å². The van der Waals surface area contributed by atoms with Gasteiger partial charge >= 0.3 is 0 Å². The van der Waals surface area contributed by atoms with Crippen molar-refractivity contribution in [2.45, 2.75) is 6.54 Å². The van der Waals surface area contributed by atoms with Gasteiger partial charge in [-0.05, 0) is 18.2 Å². The molecule has 3 rings (SSSR count). The highest BCUT2D eigenvalue weighted by atomic mass is 16.6. The number of carbonyl (C=O) groups excluding carboxylic acids is 1. The molecule has 0 atom stereocenters. The Morgan fingerprint density at radius 1 is 1.05 bits per heavy atom. The zero-order valence-corrected chi connectivity index (χ0v) is 9.95. The summed E-state index contributed by atoms with van der Waals surface area (Å²) in [4.78, 5) is 24.4. The normalized spacial score (nSPS) is 13.5. The summed E-state index contributed by atoms with van der Waals surface area (Å²) in [6, 6.07) is 13.8. The zero-order chi connectivity index (χ0) is 13.4. The maximum absolute atomic E-state index is 12.3. The standard InChI is InChI=1S/C14H10N2O3/c17-14-11-7-4-8-13(16(18)19)12(11)9-15(14)10-5-2-1-3-6-10/h1-8H,9H2. The lowest BCUT2D eigenvalue weighted by atomic mass is 10.1. The molecule has 19 heavy (non-hydrogen) atoms. The maximum atomic E-state index is 12.3. The Labute approximate surface area is 109 Å². The first-order valence-electron chi connectivity index (χ1n) is 5.81. The fraction of sp³-hybridized carbons (Fsp3) is 0.0714. The molecule has 0 spiro atoms. The molecule has 0 aliphatic carbocycles. The molecule has 0 aromatic heterocycles. The zero-order valence-electron chi connectivity index (χ0n) is 9.95. The van der Waals surface area contributed by atoms with Gasteiger partial charge in [0.15, 0.2) is 0 Å². The van der Waals surface area contributed by atoms with Gasteiger partial charge in [0.2, 0.25) is 0 Å². The number of nitro benzene ring substituents is 1. The number of para-hydroxylation sites is 1. The van der Waals surface area contributed by atoms with Crippen molar-refractivity contribution in [3.8, 4) is 0 Å². The number of hydrogen-bond acceptors (Lipinski definition) is 3. The van der Waals surface area contributed by atoms with Crippen molar-refractivity contribution in [3.05, 3.63) is 69.8 Å². The van der Waals surface area contributed by atoms with Gasteiger partial charge in [-0.25, -0.2) is 0 Å². The molecule has 0 unspecified atom stereocenters. The predicted molar refractivity (Wildman–Crippen MR) is 70.1 cm³/mol. The van der Waals surface area contributed by atoms with Gasteiger partial charge < -0.3 is 4.90 Å². The van der Waals surface area contributed by atoms with Gasteiger partial charge in [-0.1, -0.05) is 24.3 Å². The van der Waals surface area contributed by atoms with Crippen LogP contribution in [0.2, 0.25) is 0 Å². The molecule has 1 aliphatic heterocycles. The van der Waals surface area contributed by atoms with Crippen LogP contribution in [0.4, 0.5) is 11.4 Å². The van der Waals surface area contributed by atoms with E-state index < -0.39 is 4.92 Å². The fourth-order valence-electron chi connectivity index (χ4n) is 2.30. The summed E-state index contributed by atoms with van der Waals surface area (Å²) in [5, 5.41) is 11.0. The highest BCUT2D eigenvalue weighted by molar-refractivity contribution is 6.10. The molecule has 5 heteroatoms. The lowest BCUT2D eigenvalue weighted by Crippen LogP contribution is -2.22. The van der Waals surface area contributed by atoms with Crippen molar-refractivity contribution in [2.75, 3.05) is 4.90 Å². The van der Waals surface area contributed by atoms with Crippen LogP contribution < -0.4 is 4.90 Å². The van der Waals surface area contributed by atoms with E-state index in [4.69, 9.17) is 0 Å². The first kappa shape index (κ1) is 11.4. The quantitative estimate of drug-likeness (QED) is 0.611. The van der Waals surface area contributed by atoms with Gasteiger partial charge in [0, 0.05) is 11.8 Å². The van der Waals surface area contributed by atoms with Gasteiger partial charge in [0.1, 0.15) is 0 Å². The number of hydrogen-bond donors (Lipinski definition) is 0. The number of benzene rings is 2. The average molecular weight is 254 g/mol. The van der Waals surface area contributed by atoms with E-state index >= 15 is 0 Å². The van der Waals surface area contributed by atoms with Crippen LogP contribution in [0.3, 0.4) is 0 Å². The fourth-order valence-corrected chi connectivity index (χ4v) is 2.30. The van der Waals surface area contributed by atoms with Crippen LogP contribution >= 0.6 is 0 Å². The molecule has 1 aliphatic rings. The monoisotopic (exact) mass is 254 g/mol. The Hall–Kier alpha value is -2.69. The Morgan fingerprint density at radius 2 is 1.79 bits per heavy atom. The highest BCUT2D eigenvalue weighted by Gasteiger charge is 2.33. The van der Waals surface area contributed by atoms with Crippen molar-refractivity contribution < 1.29 is 9.72 Å². The molecule has 0 radical (unpaired) electrons. The Morgan fingerprint density at radius 3 is 2.47 bits per heavy atom. The van der Waals surface area contributed by atoms with Crippen molar-refractivity contribution >= 4 is 17.3 Å². The summed E-state index contributed by atoms with van der Waals surface area (Å²) in [5.74, 6) is -0.190. The molecule has 1 amide bonds. The van der Waals surface area contributed by atoms with E-state index in [1.165, 1.54) is 6.07 Å². The SMILES string of the molecule is O=C1c2cccc([N+](=O)[O-])c2CN1c1ccccc1. The molecular formula is C14H10N2O3. The molecule has 94 valence electrons. The van der Waals surface area contributed by atoms with E-state index in [-0.39, 0.29) is 18.1 Å². The van der Waals surface area contributed by atoms with Crippen LogP contribution in [0.25, 0.3) is 0 Å². The first-order chi connectivity index (χ1) is 9.18. The van der Waals surface area contributed by atoms with Gasteiger partial charge in [0.05, 0.1) is 22.6 Å². The van der Waals surface area contributed by atoms with E-state index in [0.717, 1.165) is 5.69 Å². The van der Waals surface area contributed by atoms with Crippen molar-refractivity contribution in [2.24, 2.45) is 0 Å². The molecule has 0 saturated carbocycles. The number of anilines is 1. The summed E-state index contributed by atoms with van der Waals surface area (Å²) in [5.41, 5.74) is 1.65. The second kappa shape index (κ2) is 4.20. The minimum absolute atomic E-state index is 0.00396. The first-order valence-corrected chi connectivity index (χ1v) is 5.81. The molecule has 0 bridgehead atoms. The molecule has 2 aromatic carbocycles. The smallest absolute Gasteiger partial charge is 0.275 e. The molecule has 1 heterocycles. The summed E-state index contributed by atoms with van der Waals surface area (Å²) in [6.45, 7) is 0.245. The largest absolute Gasteiger partial charge is 0.304 e. The molecule has 2 aromatic rings. The highest BCUT2D eigenvalue weighted by Crippen LogP contribution is 2.33. The summed E-state index contributed by atoms with van der Waals surface area (Å²) in [6.07, 6.45) is 0. The average Bonchev–Trinajstić information content (AvgIpc) is 2.77. The van der Waals surface area contributed by atoms with Gasteiger partial charge in [-0.2, -0.15) is 0 Å². The van der Waals surface area contributed by atoms with Gasteiger partial charge in [-0.3, -0.25) is 14.9 Å². The van der Waals surface area contributed by atoms with Crippen LogP contribution in [0, 0.1) is 10.1 Å². The Bertz CT molecular complexity index is 668. The van der Waals surface area contributed by atoms with Crippen LogP contribution in [-0.4, -0.2) is 10.8 Å². The molecule has 0 fully saturated rings. The van der Waals surface area contributed by atoms with E-state index in [9.17, 15) is 14.9 Å². The second-order valence-corrected chi connectivity index (χ2v) is 4.29. The molecule has 5 nitrogen and oxygen atoms in total. The van der Waals surface area contributed by atoms with E-state index in [1.54, 1.807) is 17.0 Å². The number of rotatable bonds is 2. The number of nitro groups is 1. The van der Waals surface area contributed by atoms with E-state index in [2.05, 4.69) is 0 Å². The number of fused-ring (bicyclic) bond motifs is 1. The number of nitrogens with zero attached hydrogens (tertiary/aromatic N) is 2. The summed E-state index contributed by atoms with van der Waals surface area (Å²) >= 11 is 0. The van der Waals surface area contributed by atoms with Crippen LogP contribution in [-0.2, 0) is 6.54 Å². The minimum atomic E-state index is -0.444. The third kappa shape index (κ3) is 1.76. The van der Waals surface area contributed by atoms with Crippen molar-refractivity contribution in [3.63, 3.8) is 0 Å². The van der Waals surface area contributed by atoms with E-state index in [1.807, 2.05) is 30.3 Å². The van der Waals surface area contributed by atoms with Crippen LogP contribution in [0.5, 0.6) is 0 Å². The molecule has 0 N–H and O–H groups in total. The second-order valence-electron chi connectivity index (χ2n) is 4.29. The van der Waals surface area contributed by atoms with E-state index in [0.29, 0.717) is 11.1 Å². The van der Waals surface area contributed by atoms with Gasteiger partial charge in [0.25, 0.3) is 11.6 Å². The summed E-state index contributed by atoms with van der Waals surface area (Å²) in [7, 11) is 0. The molecule has 0 saturated heterocycles. The predicted octanol–water partition coefficient (Wildman–Crippen LogP) is 2.76. The lowest BCUT2D eigenvalue weighted by molar-refractivity contribution is -0.385. The topological polar surface area (TPSA) is 63.4 Å².